The van der Waals surface area contributed by atoms with Gasteiger partial charge in [-0.3, -0.25) is 4.79 Å². The standard InChI is InChI=1S/C17H18FNO2/c1-2-21-16-9-3-13(4-10-16)11-12-19-17(20)14-5-7-15(18)8-6-14/h3-10H,2,11-12H2,1H3,(H,19,20). The fourth-order valence-electron chi connectivity index (χ4n) is 1.94. The van der Waals surface area contributed by atoms with E-state index >= 15 is 0 Å². The van der Waals surface area contributed by atoms with E-state index in [4.69, 9.17) is 4.74 Å². The van der Waals surface area contributed by atoms with Crippen molar-refractivity contribution in [1.29, 1.82) is 0 Å². The highest BCUT2D eigenvalue weighted by molar-refractivity contribution is 5.94. The molecule has 1 N–H and O–H groups in total. The van der Waals surface area contributed by atoms with Crippen molar-refractivity contribution in [2.75, 3.05) is 13.2 Å². The van der Waals surface area contributed by atoms with Crippen LogP contribution in [-0.4, -0.2) is 19.1 Å². The smallest absolute Gasteiger partial charge is 0.251 e. The molecule has 0 aromatic heterocycles. The van der Waals surface area contributed by atoms with Gasteiger partial charge in [-0.15, -0.1) is 0 Å². The lowest BCUT2D eigenvalue weighted by atomic mass is 10.1. The van der Waals surface area contributed by atoms with Gasteiger partial charge in [0, 0.05) is 12.1 Å². The molecule has 2 rings (SSSR count). The highest BCUT2D eigenvalue weighted by atomic mass is 19.1. The van der Waals surface area contributed by atoms with Crippen molar-refractivity contribution in [2.24, 2.45) is 0 Å². The van der Waals surface area contributed by atoms with Crippen molar-refractivity contribution < 1.29 is 13.9 Å². The van der Waals surface area contributed by atoms with Gasteiger partial charge in [-0.2, -0.15) is 0 Å². The summed E-state index contributed by atoms with van der Waals surface area (Å²) in [5.74, 6) is 0.304. The number of halogens is 1. The van der Waals surface area contributed by atoms with Gasteiger partial charge in [0.25, 0.3) is 5.91 Å². The van der Waals surface area contributed by atoms with Crippen LogP contribution in [0.15, 0.2) is 48.5 Å². The zero-order valence-corrected chi connectivity index (χ0v) is 11.9. The Bertz CT molecular complexity index is 579. The molecule has 110 valence electrons. The van der Waals surface area contributed by atoms with Crippen LogP contribution in [0.1, 0.15) is 22.8 Å². The number of ether oxygens (including phenoxy) is 1. The zero-order chi connectivity index (χ0) is 15.1. The van der Waals surface area contributed by atoms with Crippen LogP contribution in [0, 0.1) is 5.82 Å². The van der Waals surface area contributed by atoms with E-state index in [1.54, 1.807) is 0 Å². The molecule has 0 radical (unpaired) electrons. The highest BCUT2D eigenvalue weighted by Crippen LogP contribution is 2.12. The Labute approximate surface area is 123 Å². The van der Waals surface area contributed by atoms with Gasteiger partial charge < -0.3 is 10.1 Å². The summed E-state index contributed by atoms with van der Waals surface area (Å²) in [6.07, 6.45) is 0.735. The average Bonchev–Trinajstić information content (AvgIpc) is 2.50. The topological polar surface area (TPSA) is 38.3 Å². The molecule has 0 fully saturated rings. The molecule has 1 amide bonds. The van der Waals surface area contributed by atoms with Crippen molar-refractivity contribution in [2.45, 2.75) is 13.3 Å². The third-order valence-electron chi connectivity index (χ3n) is 3.04. The molecule has 0 spiro atoms. The van der Waals surface area contributed by atoms with Gasteiger partial charge in [0.15, 0.2) is 0 Å². The quantitative estimate of drug-likeness (QED) is 0.886. The summed E-state index contributed by atoms with van der Waals surface area (Å²) in [7, 11) is 0. The summed E-state index contributed by atoms with van der Waals surface area (Å²) in [5, 5.41) is 2.81. The second kappa shape index (κ2) is 7.43. The van der Waals surface area contributed by atoms with Gasteiger partial charge in [0.05, 0.1) is 6.61 Å². The first-order valence-electron chi connectivity index (χ1n) is 6.94. The maximum Gasteiger partial charge on any atom is 0.251 e. The summed E-state index contributed by atoms with van der Waals surface area (Å²) in [6, 6.07) is 13.3. The van der Waals surface area contributed by atoms with E-state index in [2.05, 4.69) is 5.32 Å². The minimum Gasteiger partial charge on any atom is -0.494 e. The Morgan fingerprint density at radius 1 is 1.10 bits per heavy atom. The SMILES string of the molecule is CCOc1ccc(CCNC(=O)c2ccc(F)cc2)cc1. The van der Waals surface area contributed by atoms with Crippen molar-refractivity contribution in [3.8, 4) is 5.75 Å². The summed E-state index contributed by atoms with van der Waals surface area (Å²) in [4.78, 5) is 11.8. The molecule has 2 aromatic rings. The molecule has 0 bridgehead atoms. The Balaban J connectivity index is 1.80. The van der Waals surface area contributed by atoms with Crippen molar-refractivity contribution >= 4 is 5.91 Å². The minimum absolute atomic E-state index is 0.194. The maximum atomic E-state index is 12.8. The summed E-state index contributed by atoms with van der Waals surface area (Å²) in [6.45, 7) is 3.12. The molecule has 3 nitrogen and oxygen atoms in total. The van der Waals surface area contributed by atoms with Crippen LogP contribution < -0.4 is 10.1 Å². The monoisotopic (exact) mass is 287 g/mol. The molecule has 0 atom stereocenters. The third-order valence-corrected chi connectivity index (χ3v) is 3.04. The lowest BCUT2D eigenvalue weighted by molar-refractivity contribution is 0.0954. The van der Waals surface area contributed by atoms with Gasteiger partial charge in [-0.25, -0.2) is 4.39 Å². The number of carbonyl (C=O) groups excluding carboxylic acids is 1. The van der Waals surface area contributed by atoms with Crippen LogP contribution in [-0.2, 0) is 6.42 Å². The molecule has 0 aliphatic heterocycles. The van der Waals surface area contributed by atoms with Gasteiger partial charge >= 0.3 is 0 Å². The Morgan fingerprint density at radius 3 is 2.38 bits per heavy atom. The fraction of sp³-hybridized carbons (Fsp3) is 0.235. The van der Waals surface area contributed by atoms with E-state index in [1.165, 1.54) is 24.3 Å². The van der Waals surface area contributed by atoms with Gasteiger partial charge in [0.2, 0.25) is 0 Å². The Kier molecular flexibility index (Phi) is 5.32. The molecule has 2 aromatic carbocycles. The number of hydrogen-bond donors (Lipinski definition) is 1. The highest BCUT2D eigenvalue weighted by Gasteiger charge is 2.04. The van der Waals surface area contributed by atoms with Crippen molar-refractivity contribution in [3.05, 3.63) is 65.5 Å². The number of nitrogens with one attached hydrogen (secondary N) is 1. The third kappa shape index (κ3) is 4.60. The largest absolute Gasteiger partial charge is 0.494 e. The van der Waals surface area contributed by atoms with Crippen LogP contribution in [0.2, 0.25) is 0 Å². The molecule has 4 heteroatoms. The first-order chi connectivity index (χ1) is 10.2. The molecule has 0 unspecified atom stereocenters. The number of carbonyl (C=O) groups is 1. The van der Waals surface area contributed by atoms with Crippen LogP contribution in [0.3, 0.4) is 0 Å². The number of benzene rings is 2. The van der Waals surface area contributed by atoms with E-state index in [0.29, 0.717) is 18.7 Å². The van der Waals surface area contributed by atoms with Gasteiger partial charge in [-0.1, -0.05) is 12.1 Å². The summed E-state index contributed by atoms with van der Waals surface area (Å²) < 4.78 is 18.1. The van der Waals surface area contributed by atoms with Crippen LogP contribution in [0.25, 0.3) is 0 Å². The van der Waals surface area contributed by atoms with Gasteiger partial charge in [0.1, 0.15) is 11.6 Å². The number of hydrogen-bond acceptors (Lipinski definition) is 2. The van der Waals surface area contributed by atoms with Crippen molar-refractivity contribution in [1.82, 2.24) is 5.32 Å². The van der Waals surface area contributed by atoms with E-state index in [0.717, 1.165) is 17.7 Å². The molecule has 21 heavy (non-hydrogen) atoms. The maximum absolute atomic E-state index is 12.8. The predicted molar refractivity (Wildman–Crippen MR) is 80.0 cm³/mol. The lowest BCUT2D eigenvalue weighted by Crippen LogP contribution is -2.25. The number of rotatable bonds is 6. The molecule has 0 saturated carbocycles. The van der Waals surface area contributed by atoms with Crippen molar-refractivity contribution in [3.63, 3.8) is 0 Å². The van der Waals surface area contributed by atoms with Crippen LogP contribution in [0.4, 0.5) is 4.39 Å². The summed E-state index contributed by atoms with van der Waals surface area (Å²) >= 11 is 0. The average molecular weight is 287 g/mol. The first-order valence-corrected chi connectivity index (χ1v) is 6.94. The molecule has 0 saturated heterocycles. The Morgan fingerprint density at radius 2 is 1.76 bits per heavy atom. The fourth-order valence-corrected chi connectivity index (χ4v) is 1.94. The predicted octanol–water partition coefficient (Wildman–Crippen LogP) is 3.20. The van der Waals surface area contributed by atoms with E-state index in [9.17, 15) is 9.18 Å². The van der Waals surface area contributed by atoms with E-state index in [-0.39, 0.29) is 11.7 Å². The second-order valence-corrected chi connectivity index (χ2v) is 4.59. The van der Waals surface area contributed by atoms with E-state index in [1.807, 2.05) is 31.2 Å². The molecule has 0 heterocycles. The normalized spacial score (nSPS) is 10.2. The molecular formula is C17H18FNO2. The molecule has 0 aliphatic rings. The zero-order valence-electron chi connectivity index (χ0n) is 11.9. The number of amides is 1. The molecular weight excluding hydrogens is 269 g/mol. The lowest BCUT2D eigenvalue weighted by Gasteiger charge is -2.07. The van der Waals surface area contributed by atoms with Crippen LogP contribution in [0.5, 0.6) is 5.75 Å². The minimum atomic E-state index is -0.346. The van der Waals surface area contributed by atoms with E-state index < -0.39 is 0 Å². The first kappa shape index (κ1) is 15.0. The molecule has 0 aliphatic carbocycles. The second-order valence-electron chi connectivity index (χ2n) is 4.59. The van der Waals surface area contributed by atoms with Gasteiger partial charge in [-0.05, 0) is 55.3 Å². The van der Waals surface area contributed by atoms with Crippen LogP contribution >= 0.6 is 0 Å². The summed E-state index contributed by atoms with van der Waals surface area (Å²) in [5.41, 5.74) is 1.58. The Hall–Kier alpha value is -2.36.